The second kappa shape index (κ2) is 9.09. The van der Waals surface area contributed by atoms with Gasteiger partial charge in [-0.3, -0.25) is 4.79 Å². The minimum atomic E-state index is -3.73. The highest BCUT2D eigenvalue weighted by Gasteiger charge is 2.33. The molecule has 0 spiro atoms. The van der Waals surface area contributed by atoms with Crippen LogP contribution in [0.5, 0.6) is 5.75 Å². The van der Waals surface area contributed by atoms with Gasteiger partial charge in [0, 0.05) is 31.2 Å². The smallest absolute Gasteiger partial charge is 0.243 e. The largest absolute Gasteiger partial charge is 0.497 e. The highest BCUT2D eigenvalue weighted by atomic mass is 32.2. The first-order valence-corrected chi connectivity index (χ1v) is 11.6. The molecule has 3 aromatic rings. The molecule has 1 amide bonds. The van der Waals surface area contributed by atoms with Gasteiger partial charge in [-0.2, -0.15) is 4.31 Å². The Morgan fingerprint density at radius 3 is 2.66 bits per heavy atom. The van der Waals surface area contributed by atoms with Gasteiger partial charge in [0.1, 0.15) is 11.6 Å². The maximum absolute atomic E-state index is 14.5. The van der Waals surface area contributed by atoms with E-state index < -0.39 is 21.8 Å². The monoisotopic (exact) mass is 458 g/mol. The van der Waals surface area contributed by atoms with Crippen LogP contribution in [0.4, 0.5) is 10.1 Å². The fraction of sp³-hybridized carbons (Fsp3) is 0.273. The van der Waals surface area contributed by atoms with Gasteiger partial charge < -0.3 is 14.6 Å². The van der Waals surface area contributed by atoms with E-state index in [0.29, 0.717) is 36.5 Å². The summed E-state index contributed by atoms with van der Waals surface area (Å²) in [6.07, 6.45) is 5.76. The molecule has 1 aliphatic heterocycles. The average Bonchev–Trinajstić information content (AvgIpc) is 3.34. The molecule has 0 aliphatic carbocycles. The minimum Gasteiger partial charge on any atom is -0.497 e. The fourth-order valence-corrected chi connectivity index (χ4v) is 5.24. The van der Waals surface area contributed by atoms with Crippen molar-refractivity contribution in [2.24, 2.45) is 5.92 Å². The fourth-order valence-electron chi connectivity index (χ4n) is 3.71. The molecule has 1 saturated heterocycles. The van der Waals surface area contributed by atoms with Crippen LogP contribution in [0.1, 0.15) is 12.8 Å². The molecule has 0 bridgehead atoms. The number of aromatic nitrogens is 2. The van der Waals surface area contributed by atoms with Gasteiger partial charge in [-0.15, -0.1) is 0 Å². The van der Waals surface area contributed by atoms with Crippen LogP contribution in [0.25, 0.3) is 5.69 Å². The molecule has 1 N–H and O–H groups in total. The summed E-state index contributed by atoms with van der Waals surface area (Å²) < 4.78 is 48.4. The third kappa shape index (κ3) is 4.51. The van der Waals surface area contributed by atoms with E-state index in [9.17, 15) is 17.6 Å². The second-order valence-electron chi connectivity index (χ2n) is 7.50. The molecule has 0 saturated carbocycles. The number of ether oxygens (including phenoxy) is 1. The number of hydrogen-bond donors (Lipinski definition) is 1. The molecular formula is C22H23FN4O4S. The summed E-state index contributed by atoms with van der Waals surface area (Å²) in [7, 11) is -2.23. The molecule has 2 aromatic carbocycles. The van der Waals surface area contributed by atoms with Crippen molar-refractivity contribution in [3.8, 4) is 11.4 Å². The van der Waals surface area contributed by atoms with E-state index in [1.54, 1.807) is 36.7 Å². The summed E-state index contributed by atoms with van der Waals surface area (Å²) in [4.78, 5) is 16.8. The molecule has 0 radical (unpaired) electrons. The van der Waals surface area contributed by atoms with Crippen LogP contribution >= 0.6 is 0 Å². The number of imidazole rings is 1. The number of nitrogens with one attached hydrogen (secondary N) is 1. The number of carbonyl (C=O) groups excluding carboxylic acids is 1. The number of nitrogens with zero attached hydrogens (tertiary/aromatic N) is 3. The SMILES string of the molecule is COc1ccc(S(=O)(=O)N2CCCC(C(=O)Nc3ccc(-n4ccnc4)c(F)c3)C2)cc1. The molecule has 1 aliphatic rings. The summed E-state index contributed by atoms with van der Waals surface area (Å²) in [5, 5.41) is 2.71. The minimum absolute atomic E-state index is 0.0653. The summed E-state index contributed by atoms with van der Waals surface area (Å²) in [5.74, 6) is -0.818. The number of piperidine rings is 1. The topological polar surface area (TPSA) is 93.5 Å². The molecule has 8 nitrogen and oxygen atoms in total. The number of anilines is 1. The standard InChI is InChI=1S/C22H23FN4O4S/c1-31-18-5-7-19(8-6-18)32(29,30)27-11-2-3-16(14-27)22(28)25-17-4-9-21(20(23)13-17)26-12-10-24-15-26/h4-10,12-13,15-16H,2-3,11,14H2,1H3,(H,25,28). The zero-order valence-corrected chi connectivity index (χ0v) is 18.3. The average molecular weight is 459 g/mol. The molecule has 4 rings (SSSR count). The molecule has 2 heterocycles. The third-order valence-electron chi connectivity index (χ3n) is 5.45. The first-order valence-electron chi connectivity index (χ1n) is 10.1. The molecule has 1 unspecified atom stereocenters. The Bertz CT molecular complexity index is 1200. The Balaban J connectivity index is 1.45. The van der Waals surface area contributed by atoms with Crippen LogP contribution in [0.15, 0.2) is 66.1 Å². The van der Waals surface area contributed by atoms with Crippen molar-refractivity contribution in [1.29, 1.82) is 0 Å². The van der Waals surface area contributed by atoms with E-state index in [2.05, 4.69) is 10.3 Å². The van der Waals surface area contributed by atoms with Crippen LogP contribution < -0.4 is 10.1 Å². The summed E-state index contributed by atoms with van der Waals surface area (Å²) >= 11 is 0. The van der Waals surface area contributed by atoms with Crippen LogP contribution in [0, 0.1) is 11.7 Å². The van der Waals surface area contributed by atoms with Crippen LogP contribution in [-0.4, -0.2) is 48.4 Å². The maximum atomic E-state index is 14.5. The Kier molecular flexibility index (Phi) is 6.24. The summed E-state index contributed by atoms with van der Waals surface area (Å²) in [6, 6.07) is 10.5. The molecule has 32 heavy (non-hydrogen) atoms. The van der Waals surface area contributed by atoms with E-state index in [4.69, 9.17) is 4.74 Å². The molecule has 1 aromatic heterocycles. The Morgan fingerprint density at radius 1 is 1.22 bits per heavy atom. The van der Waals surface area contributed by atoms with Crippen molar-refractivity contribution in [1.82, 2.24) is 13.9 Å². The van der Waals surface area contributed by atoms with Gasteiger partial charge >= 0.3 is 0 Å². The number of halogens is 1. The lowest BCUT2D eigenvalue weighted by Gasteiger charge is -2.31. The molecular weight excluding hydrogens is 435 g/mol. The van der Waals surface area contributed by atoms with E-state index >= 15 is 0 Å². The number of sulfonamides is 1. The first kappa shape index (κ1) is 22.0. The predicted octanol–water partition coefficient (Wildman–Crippen LogP) is 3.06. The van der Waals surface area contributed by atoms with Crippen molar-refractivity contribution in [3.63, 3.8) is 0 Å². The van der Waals surface area contributed by atoms with Gasteiger partial charge in [0.2, 0.25) is 15.9 Å². The van der Waals surface area contributed by atoms with E-state index in [1.165, 1.54) is 40.5 Å². The van der Waals surface area contributed by atoms with Gasteiger partial charge in [0.15, 0.2) is 0 Å². The zero-order valence-electron chi connectivity index (χ0n) is 17.4. The Morgan fingerprint density at radius 2 is 2.00 bits per heavy atom. The van der Waals surface area contributed by atoms with Crippen molar-refractivity contribution in [3.05, 3.63) is 67.0 Å². The normalized spacial score (nSPS) is 17.1. The Labute approximate surface area is 185 Å². The number of amides is 1. The van der Waals surface area contributed by atoms with Gasteiger partial charge in [-0.25, -0.2) is 17.8 Å². The quantitative estimate of drug-likeness (QED) is 0.613. The van der Waals surface area contributed by atoms with Crippen LogP contribution in [0.3, 0.4) is 0 Å². The van der Waals surface area contributed by atoms with Crippen molar-refractivity contribution >= 4 is 21.6 Å². The summed E-state index contributed by atoms with van der Waals surface area (Å²) in [6.45, 7) is 0.405. The molecule has 10 heteroatoms. The lowest BCUT2D eigenvalue weighted by molar-refractivity contribution is -0.120. The van der Waals surface area contributed by atoms with Crippen molar-refractivity contribution in [2.75, 3.05) is 25.5 Å². The number of carbonyl (C=O) groups is 1. The molecule has 1 atom stereocenters. The number of benzene rings is 2. The maximum Gasteiger partial charge on any atom is 0.243 e. The lowest BCUT2D eigenvalue weighted by atomic mass is 9.98. The highest BCUT2D eigenvalue weighted by Crippen LogP contribution is 2.26. The highest BCUT2D eigenvalue weighted by molar-refractivity contribution is 7.89. The summed E-state index contributed by atoms with van der Waals surface area (Å²) in [5.41, 5.74) is 0.626. The van der Waals surface area contributed by atoms with Crippen molar-refractivity contribution < 1.29 is 22.3 Å². The van der Waals surface area contributed by atoms with E-state index in [0.717, 1.165) is 0 Å². The first-order chi connectivity index (χ1) is 15.4. The van der Waals surface area contributed by atoms with Gasteiger partial charge in [-0.05, 0) is 55.3 Å². The van der Waals surface area contributed by atoms with Gasteiger partial charge in [0.05, 0.1) is 29.9 Å². The van der Waals surface area contributed by atoms with Crippen LogP contribution in [0.2, 0.25) is 0 Å². The number of methoxy groups -OCH3 is 1. The molecule has 168 valence electrons. The Hall–Kier alpha value is -3.24. The second-order valence-corrected chi connectivity index (χ2v) is 9.44. The van der Waals surface area contributed by atoms with Crippen molar-refractivity contribution in [2.45, 2.75) is 17.7 Å². The van der Waals surface area contributed by atoms with E-state index in [-0.39, 0.29) is 17.3 Å². The third-order valence-corrected chi connectivity index (χ3v) is 7.33. The lowest BCUT2D eigenvalue weighted by Crippen LogP contribution is -2.43. The van der Waals surface area contributed by atoms with Gasteiger partial charge in [-0.1, -0.05) is 0 Å². The molecule has 1 fully saturated rings. The zero-order chi connectivity index (χ0) is 22.7. The van der Waals surface area contributed by atoms with Gasteiger partial charge in [0.25, 0.3) is 0 Å². The van der Waals surface area contributed by atoms with E-state index in [1.807, 2.05) is 0 Å². The predicted molar refractivity (Wildman–Crippen MR) is 117 cm³/mol. The van der Waals surface area contributed by atoms with Crippen LogP contribution in [-0.2, 0) is 14.8 Å². The number of rotatable bonds is 6. The number of hydrogen-bond acceptors (Lipinski definition) is 5.